The zero-order valence-corrected chi connectivity index (χ0v) is 13.9. The van der Waals surface area contributed by atoms with Crippen LogP contribution >= 0.6 is 39.2 Å². The van der Waals surface area contributed by atoms with E-state index in [4.69, 9.17) is 0 Å². The predicted octanol–water partition coefficient (Wildman–Crippen LogP) is 4.10. The third-order valence-electron chi connectivity index (χ3n) is 2.76. The van der Waals surface area contributed by atoms with Crippen LogP contribution in [0.15, 0.2) is 26.8 Å². The molecule has 0 spiro atoms. The average molecular weight is 378 g/mol. The molecule has 20 heavy (non-hydrogen) atoms. The van der Waals surface area contributed by atoms with Crippen LogP contribution in [0.25, 0.3) is 0 Å². The van der Waals surface area contributed by atoms with Crippen LogP contribution in [-0.2, 0) is 6.54 Å². The van der Waals surface area contributed by atoms with Crippen LogP contribution in [0.5, 0.6) is 0 Å². The highest BCUT2D eigenvalue weighted by Gasteiger charge is 2.31. The van der Waals surface area contributed by atoms with Gasteiger partial charge < -0.3 is 0 Å². The molecule has 1 aromatic carbocycles. The first-order valence-electron chi connectivity index (χ1n) is 5.80. The van der Waals surface area contributed by atoms with Crippen molar-refractivity contribution in [2.75, 3.05) is 0 Å². The van der Waals surface area contributed by atoms with Gasteiger partial charge in [-0.3, -0.25) is 4.57 Å². The number of rotatable bonds is 1. The molecule has 2 aromatic rings. The smallest absolute Gasteiger partial charge is 0.210 e. The highest BCUT2D eigenvalue weighted by atomic mass is 79.9. The van der Waals surface area contributed by atoms with E-state index in [-0.39, 0.29) is 10.4 Å². The van der Waals surface area contributed by atoms with Crippen molar-refractivity contribution in [3.63, 3.8) is 0 Å². The number of hydrogen-bond acceptors (Lipinski definition) is 4. The van der Waals surface area contributed by atoms with Crippen molar-refractivity contribution in [1.82, 2.24) is 8.94 Å². The molecule has 0 aliphatic carbocycles. The molecule has 0 N–H and O–H groups in total. The second-order valence-corrected chi connectivity index (χ2v) is 8.35. The first kappa shape index (κ1) is 14.2. The van der Waals surface area contributed by atoms with Gasteiger partial charge in [0, 0.05) is 27.3 Å². The van der Waals surface area contributed by atoms with Gasteiger partial charge >= 0.3 is 0 Å². The lowest BCUT2D eigenvalue weighted by molar-refractivity contribution is 0.551. The molecule has 1 aliphatic rings. The fourth-order valence-electron chi connectivity index (χ4n) is 1.95. The minimum atomic E-state index is -0.690. The third kappa shape index (κ3) is 2.56. The molecule has 0 saturated heterocycles. The lowest BCUT2D eigenvalue weighted by Crippen LogP contribution is -2.22. The zero-order chi connectivity index (χ0) is 14.5. The molecule has 0 amide bonds. The molecule has 1 aromatic heterocycles. The molecule has 0 fully saturated rings. The summed E-state index contributed by atoms with van der Waals surface area (Å²) >= 11 is 5.84. The normalized spacial score (nSPS) is 17.6. The molecule has 1 aliphatic heterocycles. The monoisotopic (exact) mass is 377 g/mol. The average Bonchev–Trinajstić information content (AvgIpc) is 2.79. The Hall–Kier alpha value is -0.730. The molecule has 106 valence electrons. The Kier molecular flexibility index (Phi) is 3.50. The van der Waals surface area contributed by atoms with Crippen LogP contribution in [0.4, 0.5) is 14.5 Å². The molecule has 0 atom stereocenters. The van der Waals surface area contributed by atoms with Crippen molar-refractivity contribution in [3.05, 3.63) is 33.0 Å². The summed E-state index contributed by atoms with van der Waals surface area (Å²) in [5.41, 5.74) is -0.276. The Morgan fingerprint density at radius 2 is 2.00 bits per heavy atom. The Labute approximate surface area is 131 Å². The Balaban J connectivity index is 2.12. The van der Waals surface area contributed by atoms with Crippen LogP contribution in [0.2, 0.25) is 0 Å². The topological polar surface area (TPSA) is 30.2 Å². The summed E-state index contributed by atoms with van der Waals surface area (Å²) in [6, 6.07) is 2.40. The number of nitrogens with zero attached hydrogens (tertiary/aromatic N) is 3. The van der Waals surface area contributed by atoms with Gasteiger partial charge in [0.25, 0.3) is 0 Å². The maximum absolute atomic E-state index is 13.8. The SMILES string of the molecule is CC1(C)Cn2c(nsc2=Nc2c(F)cc(Br)cc2F)S1. The second-order valence-electron chi connectivity index (χ2n) is 5.03. The van der Waals surface area contributed by atoms with Gasteiger partial charge in [0.2, 0.25) is 4.80 Å². The van der Waals surface area contributed by atoms with Crippen LogP contribution in [0.3, 0.4) is 0 Å². The summed E-state index contributed by atoms with van der Waals surface area (Å²) in [7, 11) is 0. The van der Waals surface area contributed by atoms with Gasteiger partial charge in [-0.2, -0.15) is 4.37 Å². The van der Waals surface area contributed by atoms with Crippen molar-refractivity contribution < 1.29 is 8.78 Å². The number of halogens is 3. The van der Waals surface area contributed by atoms with Crippen molar-refractivity contribution >= 4 is 44.9 Å². The van der Waals surface area contributed by atoms with E-state index in [1.165, 1.54) is 12.1 Å². The highest BCUT2D eigenvalue weighted by molar-refractivity contribution is 9.10. The minimum Gasteiger partial charge on any atom is -0.293 e. The van der Waals surface area contributed by atoms with Crippen molar-refractivity contribution in [2.24, 2.45) is 4.99 Å². The molecular formula is C12H10BrF2N3S2. The van der Waals surface area contributed by atoms with Gasteiger partial charge in [-0.25, -0.2) is 13.8 Å². The van der Waals surface area contributed by atoms with Crippen molar-refractivity contribution in [2.45, 2.75) is 30.3 Å². The lowest BCUT2D eigenvalue weighted by atomic mass is 10.2. The van der Waals surface area contributed by atoms with Gasteiger partial charge in [-0.05, 0) is 26.0 Å². The number of thioether (sulfide) groups is 1. The fraction of sp³-hybridized carbons (Fsp3) is 0.333. The van der Waals surface area contributed by atoms with E-state index in [0.29, 0.717) is 9.27 Å². The highest BCUT2D eigenvalue weighted by Crippen LogP contribution is 2.38. The first-order valence-corrected chi connectivity index (χ1v) is 8.19. The van der Waals surface area contributed by atoms with Gasteiger partial charge in [0.1, 0.15) is 5.69 Å². The number of hydrogen-bond donors (Lipinski definition) is 0. The summed E-state index contributed by atoms with van der Waals surface area (Å²) in [6.45, 7) is 4.92. The summed E-state index contributed by atoms with van der Waals surface area (Å²) in [5, 5.41) is 0.844. The Morgan fingerprint density at radius 1 is 1.35 bits per heavy atom. The van der Waals surface area contributed by atoms with Crippen LogP contribution < -0.4 is 4.80 Å². The van der Waals surface area contributed by atoms with Gasteiger partial charge in [0.05, 0.1) is 0 Å². The standard InChI is InChI=1S/C12H10BrF2N3S2/c1-12(2)5-18-10(20-17-11(18)19-12)16-9-7(14)3-6(13)4-8(9)15/h3-4H,5H2,1-2H3. The zero-order valence-electron chi connectivity index (χ0n) is 10.7. The predicted molar refractivity (Wildman–Crippen MR) is 79.3 cm³/mol. The number of aromatic nitrogens is 2. The van der Waals surface area contributed by atoms with Gasteiger partial charge in [0.15, 0.2) is 16.8 Å². The second kappa shape index (κ2) is 4.92. The van der Waals surface area contributed by atoms with Crippen LogP contribution in [-0.4, -0.2) is 13.7 Å². The van der Waals surface area contributed by atoms with Crippen LogP contribution in [0, 0.1) is 11.6 Å². The molecule has 8 heteroatoms. The molecule has 3 rings (SSSR count). The fourth-order valence-corrected chi connectivity index (χ4v) is 4.26. The maximum atomic E-state index is 13.8. The number of fused-ring (bicyclic) bond motifs is 1. The molecule has 3 nitrogen and oxygen atoms in total. The molecule has 0 radical (unpaired) electrons. The van der Waals surface area contributed by atoms with E-state index in [0.717, 1.165) is 23.2 Å². The van der Waals surface area contributed by atoms with E-state index in [1.54, 1.807) is 11.8 Å². The van der Waals surface area contributed by atoms with Gasteiger partial charge in [-0.15, -0.1) is 0 Å². The Morgan fingerprint density at radius 3 is 2.65 bits per heavy atom. The molecule has 0 saturated carbocycles. The molecule has 0 bridgehead atoms. The van der Waals surface area contributed by atoms with E-state index in [2.05, 4.69) is 39.1 Å². The molecular weight excluding hydrogens is 368 g/mol. The van der Waals surface area contributed by atoms with E-state index in [9.17, 15) is 8.78 Å². The van der Waals surface area contributed by atoms with E-state index in [1.807, 2.05) is 4.57 Å². The molecule has 2 heterocycles. The summed E-state index contributed by atoms with van der Waals surface area (Å²) in [6.07, 6.45) is 0. The molecule has 0 unspecified atom stereocenters. The third-order valence-corrected chi connectivity index (χ3v) is 5.25. The first-order chi connectivity index (χ1) is 9.35. The van der Waals surface area contributed by atoms with Crippen molar-refractivity contribution in [3.8, 4) is 0 Å². The Bertz CT molecular complexity index is 728. The summed E-state index contributed by atoms with van der Waals surface area (Å²) < 4.78 is 34.2. The van der Waals surface area contributed by atoms with Crippen LogP contribution in [0.1, 0.15) is 13.8 Å². The van der Waals surface area contributed by atoms with E-state index >= 15 is 0 Å². The largest absolute Gasteiger partial charge is 0.293 e. The minimum absolute atomic E-state index is 0.0252. The van der Waals surface area contributed by atoms with Crippen molar-refractivity contribution in [1.29, 1.82) is 0 Å². The maximum Gasteiger partial charge on any atom is 0.210 e. The van der Waals surface area contributed by atoms with Gasteiger partial charge in [-0.1, -0.05) is 27.7 Å². The lowest BCUT2D eigenvalue weighted by Gasteiger charge is -2.12. The summed E-state index contributed by atoms with van der Waals surface area (Å²) in [4.78, 5) is 4.63. The van der Waals surface area contributed by atoms with E-state index < -0.39 is 11.6 Å². The summed E-state index contributed by atoms with van der Waals surface area (Å²) in [5.74, 6) is -1.38. The number of benzene rings is 1. The quantitative estimate of drug-likeness (QED) is 0.748.